The van der Waals surface area contributed by atoms with E-state index in [1.807, 2.05) is 0 Å². The number of hydrogen-bond donors (Lipinski definition) is 0. The van der Waals surface area contributed by atoms with Crippen molar-refractivity contribution in [2.24, 2.45) is 0 Å². The van der Waals surface area contributed by atoms with Crippen molar-refractivity contribution in [3.05, 3.63) is 12.7 Å². The van der Waals surface area contributed by atoms with Gasteiger partial charge in [0.15, 0.2) is 5.60 Å². The van der Waals surface area contributed by atoms with Crippen LogP contribution in [0.2, 0.25) is 0 Å². The van der Waals surface area contributed by atoms with Crippen molar-refractivity contribution in [2.75, 3.05) is 40.2 Å². The monoisotopic (exact) mass is 450 g/mol. The number of hydrogen-bond acceptors (Lipinski definition) is 8. The molecule has 11 heteroatoms. The smallest absolute Gasteiger partial charge is 0.410 e. The van der Waals surface area contributed by atoms with Gasteiger partial charge in [-0.1, -0.05) is 12.7 Å². The Balaban J connectivity index is 2.09. The van der Waals surface area contributed by atoms with Crippen LogP contribution in [0.5, 0.6) is 0 Å². The molecule has 2 heterocycles. The average Bonchev–Trinajstić information content (AvgIpc) is 3.21. The molecule has 0 bridgehead atoms. The Hall–Kier alpha value is -1.82. The predicted molar refractivity (Wildman–Crippen MR) is 105 cm³/mol. The fourth-order valence-corrected chi connectivity index (χ4v) is 3.48. The largest absolute Gasteiger partial charge is 0.459 e. The number of ether oxygens (including phenoxy) is 4. The molecule has 0 aromatic rings. The van der Waals surface area contributed by atoms with Gasteiger partial charge in [-0.05, 0) is 27.7 Å². The van der Waals surface area contributed by atoms with E-state index in [0.717, 1.165) is 9.96 Å². The Labute approximate surface area is 181 Å². The zero-order chi connectivity index (χ0) is 23.4. The van der Waals surface area contributed by atoms with Gasteiger partial charge < -0.3 is 18.9 Å². The minimum atomic E-state index is -3.22. The quantitative estimate of drug-likeness (QED) is 0.301. The molecule has 2 unspecified atom stereocenters. The first-order valence-corrected chi connectivity index (χ1v) is 10.0. The second-order valence-electron chi connectivity index (χ2n) is 8.74. The molecular weight excluding hydrogens is 418 g/mol. The molecular formula is C20H32F2N2O7. The van der Waals surface area contributed by atoms with Crippen LogP contribution in [-0.4, -0.2) is 91.4 Å². The lowest BCUT2D eigenvalue weighted by Crippen LogP contribution is -2.48. The summed E-state index contributed by atoms with van der Waals surface area (Å²) in [5, 5.41) is 1.12. The number of nitrogens with zero attached hydrogens (tertiary/aromatic N) is 2. The summed E-state index contributed by atoms with van der Waals surface area (Å²) in [6.07, 6.45) is 0.594. The van der Waals surface area contributed by atoms with Crippen LogP contribution in [-0.2, 0) is 28.6 Å². The summed E-state index contributed by atoms with van der Waals surface area (Å²) in [5.74, 6) is -3.89. The van der Waals surface area contributed by atoms with E-state index in [-0.39, 0.29) is 33.0 Å². The third-order valence-electron chi connectivity index (χ3n) is 5.00. The lowest BCUT2D eigenvalue weighted by molar-refractivity contribution is -0.203. The van der Waals surface area contributed by atoms with Gasteiger partial charge in [0.1, 0.15) is 25.0 Å². The first-order chi connectivity index (χ1) is 14.3. The molecule has 2 rings (SSSR count). The first kappa shape index (κ1) is 25.4. The van der Waals surface area contributed by atoms with Crippen molar-refractivity contribution in [3.63, 3.8) is 0 Å². The van der Waals surface area contributed by atoms with Crippen LogP contribution in [0.15, 0.2) is 12.7 Å². The molecule has 2 aliphatic rings. The van der Waals surface area contributed by atoms with E-state index in [1.165, 1.54) is 20.1 Å². The van der Waals surface area contributed by atoms with Gasteiger partial charge in [0, 0.05) is 20.1 Å². The highest BCUT2D eigenvalue weighted by molar-refractivity contribution is 5.79. The molecule has 0 aliphatic carbocycles. The summed E-state index contributed by atoms with van der Waals surface area (Å²) in [5.41, 5.74) is -2.25. The Bertz CT molecular complexity index is 670. The fraction of sp³-hybridized carbons (Fsp3) is 0.800. The van der Waals surface area contributed by atoms with E-state index in [0.29, 0.717) is 0 Å². The number of carbonyl (C=O) groups excluding carboxylic acids is 2. The highest BCUT2D eigenvalue weighted by atomic mass is 19.3. The minimum Gasteiger partial charge on any atom is -0.459 e. The van der Waals surface area contributed by atoms with Gasteiger partial charge >= 0.3 is 12.1 Å². The molecule has 0 saturated carbocycles. The lowest BCUT2D eigenvalue weighted by Gasteiger charge is -2.31. The number of likely N-dealkylation sites (tertiary alicyclic amines) is 1. The molecule has 0 spiro atoms. The van der Waals surface area contributed by atoms with Gasteiger partial charge in [-0.25, -0.2) is 18.4 Å². The minimum absolute atomic E-state index is 0.00191. The summed E-state index contributed by atoms with van der Waals surface area (Å²) in [4.78, 5) is 31.3. The van der Waals surface area contributed by atoms with Crippen LogP contribution in [0.25, 0.3) is 0 Å². The lowest BCUT2D eigenvalue weighted by atomic mass is 10.0. The summed E-state index contributed by atoms with van der Waals surface area (Å²) in [7, 11) is 1.40. The molecule has 0 N–H and O–H groups in total. The van der Waals surface area contributed by atoms with Gasteiger partial charge in [-0.2, -0.15) is 5.06 Å². The standard InChI is InChI=1S/C20H32F2N2O7/c1-7-10-28-16(25)19(5,29-13-27-6)8-9-24-15-14(11-30-24)23(12-20(15,21)22)17(26)31-18(2,3)4/h7,14-15H,1,8-13H2,2-6H3/t14?,15?,19-/m0/s1. The van der Waals surface area contributed by atoms with Gasteiger partial charge in [-0.15, -0.1) is 0 Å². The topological polar surface area (TPSA) is 86.8 Å². The normalized spacial score (nSPS) is 25.1. The predicted octanol–water partition coefficient (Wildman–Crippen LogP) is 2.36. The van der Waals surface area contributed by atoms with Gasteiger partial charge in [0.25, 0.3) is 5.92 Å². The molecule has 0 radical (unpaired) electrons. The molecule has 31 heavy (non-hydrogen) atoms. The summed E-state index contributed by atoms with van der Waals surface area (Å²) in [6, 6.07) is -2.24. The number of esters is 1. The second-order valence-corrected chi connectivity index (χ2v) is 8.74. The van der Waals surface area contributed by atoms with E-state index in [9.17, 15) is 18.4 Å². The number of carbonyl (C=O) groups is 2. The molecule has 0 aromatic heterocycles. The van der Waals surface area contributed by atoms with Crippen LogP contribution in [0.1, 0.15) is 34.1 Å². The number of fused-ring (bicyclic) bond motifs is 1. The SMILES string of the molecule is C=CCOC(=O)[C@](C)(CCN1OCC2C1C(F)(F)CN2C(=O)OC(C)(C)C)OCOC. The van der Waals surface area contributed by atoms with Gasteiger partial charge in [0.05, 0.1) is 19.2 Å². The molecule has 9 nitrogen and oxygen atoms in total. The molecule has 178 valence electrons. The molecule has 2 aliphatic heterocycles. The molecule has 0 aromatic carbocycles. The highest BCUT2D eigenvalue weighted by Gasteiger charge is 2.62. The Kier molecular flexibility index (Phi) is 8.01. The van der Waals surface area contributed by atoms with Crippen molar-refractivity contribution in [3.8, 4) is 0 Å². The zero-order valence-corrected chi connectivity index (χ0v) is 18.7. The third kappa shape index (κ3) is 6.12. The van der Waals surface area contributed by atoms with Crippen LogP contribution >= 0.6 is 0 Å². The van der Waals surface area contributed by atoms with Crippen molar-refractivity contribution >= 4 is 12.1 Å². The van der Waals surface area contributed by atoms with E-state index >= 15 is 0 Å². The number of methoxy groups -OCH3 is 1. The van der Waals surface area contributed by atoms with Crippen LogP contribution < -0.4 is 0 Å². The highest BCUT2D eigenvalue weighted by Crippen LogP contribution is 2.41. The molecule has 2 fully saturated rings. The molecule has 2 saturated heterocycles. The van der Waals surface area contributed by atoms with E-state index < -0.39 is 47.8 Å². The van der Waals surface area contributed by atoms with E-state index in [4.69, 9.17) is 23.8 Å². The maximum Gasteiger partial charge on any atom is 0.410 e. The number of alkyl halides is 2. The number of amides is 1. The second kappa shape index (κ2) is 9.76. The maximum absolute atomic E-state index is 14.8. The molecule has 1 amide bonds. The molecule has 3 atom stereocenters. The van der Waals surface area contributed by atoms with Crippen LogP contribution in [0, 0.1) is 0 Å². The Morgan fingerprint density at radius 3 is 2.55 bits per heavy atom. The Morgan fingerprint density at radius 1 is 1.29 bits per heavy atom. The fourth-order valence-electron chi connectivity index (χ4n) is 3.48. The van der Waals surface area contributed by atoms with Crippen molar-refractivity contribution in [1.29, 1.82) is 0 Å². The van der Waals surface area contributed by atoms with Gasteiger partial charge in [-0.3, -0.25) is 9.74 Å². The summed E-state index contributed by atoms with van der Waals surface area (Å²) >= 11 is 0. The first-order valence-electron chi connectivity index (χ1n) is 10.0. The number of rotatable bonds is 9. The van der Waals surface area contributed by atoms with Crippen molar-refractivity contribution in [1.82, 2.24) is 9.96 Å². The van der Waals surface area contributed by atoms with Gasteiger partial charge in [0.2, 0.25) is 0 Å². The van der Waals surface area contributed by atoms with Crippen LogP contribution in [0.3, 0.4) is 0 Å². The number of halogens is 2. The Morgan fingerprint density at radius 2 is 1.97 bits per heavy atom. The number of hydroxylamine groups is 2. The third-order valence-corrected chi connectivity index (χ3v) is 5.00. The zero-order valence-electron chi connectivity index (χ0n) is 18.7. The maximum atomic E-state index is 14.8. The van der Waals surface area contributed by atoms with Crippen molar-refractivity contribution < 1.29 is 42.2 Å². The van der Waals surface area contributed by atoms with E-state index in [1.54, 1.807) is 20.8 Å². The average molecular weight is 450 g/mol. The van der Waals surface area contributed by atoms with Crippen molar-refractivity contribution in [2.45, 2.75) is 63.3 Å². The van der Waals surface area contributed by atoms with Crippen LogP contribution in [0.4, 0.5) is 13.6 Å². The van der Waals surface area contributed by atoms with E-state index in [2.05, 4.69) is 6.58 Å². The summed E-state index contributed by atoms with van der Waals surface area (Å²) in [6.45, 7) is 8.85. The summed E-state index contributed by atoms with van der Waals surface area (Å²) < 4.78 is 50.3.